The highest BCUT2D eigenvalue weighted by molar-refractivity contribution is 5.50. The minimum atomic E-state index is -0.0882. The van der Waals surface area contributed by atoms with Crippen LogP contribution in [0.15, 0.2) is 21.7 Å². The quantitative estimate of drug-likeness (QED) is 0.635. The first-order valence-corrected chi connectivity index (χ1v) is 7.73. The molecule has 2 aliphatic heterocycles. The number of nitrogens with zero attached hydrogens (tertiary/aromatic N) is 3. The van der Waals surface area contributed by atoms with Crippen molar-refractivity contribution in [2.24, 2.45) is 41.5 Å². The molecule has 0 amide bonds. The fourth-order valence-electron chi connectivity index (χ4n) is 8.17. The van der Waals surface area contributed by atoms with Gasteiger partial charge in [-0.15, -0.1) is 0 Å². The Morgan fingerprint density at radius 2 is 1.40 bits per heavy atom. The van der Waals surface area contributed by atoms with E-state index in [-0.39, 0.29) is 11.4 Å². The summed E-state index contributed by atoms with van der Waals surface area (Å²) in [6, 6.07) is 0.637. The van der Waals surface area contributed by atoms with E-state index in [0.717, 1.165) is 24.7 Å². The van der Waals surface area contributed by atoms with E-state index in [4.69, 9.17) is 0 Å². The van der Waals surface area contributed by atoms with Gasteiger partial charge in [0.1, 0.15) is 0 Å². The standard InChI is InChI=1S/C15H15N3O2/c1-16-12(19)17-10-6-7-9-8(6)14(10)4-2-3-5-15(9,14)11(7)18(17)13(16)20/h2-3,6-11H,4-5H2,1H3/t6-,7+,8-,9+,10+,11-,14+,15-. The lowest BCUT2D eigenvalue weighted by Crippen LogP contribution is -3.00. The van der Waals surface area contributed by atoms with Gasteiger partial charge < -0.3 is 0 Å². The summed E-state index contributed by atoms with van der Waals surface area (Å²) in [6.45, 7) is 0. The highest BCUT2D eigenvalue weighted by Crippen LogP contribution is 3.03. The monoisotopic (exact) mass is 269 g/mol. The first-order chi connectivity index (χ1) is 9.68. The van der Waals surface area contributed by atoms with Gasteiger partial charge in [0, 0.05) is 17.9 Å². The molecule has 4 fully saturated rings. The Hall–Kier alpha value is -1.52. The van der Waals surface area contributed by atoms with Gasteiger partial charge in [0.05, 0.1) is 12.1 Å². The molecule has 8 atom stereocenters. The van der Waals surface area contributed by atoms with Crippen LogP contribution in [-0.4, -0.2) is 13.9 Å². The Morgan fingerprint density at radius 1 is 0.950 bits per heavy atom. The first kappa shape index (κ1) is 9.42. The molecule has 102 valence electrons. The molecule has 0 aromatic carbocycles. The summed E-state index contributed by atoms with van der Waals surface area (Å²) in [7, 11) is 1.63. The van der Waals surface area contributed by atoms with Crippen molar-refractivity contribution in [1.82, 2.24) is 13.9 Å². The van der Waals surface area contributed by atoms with Gasteiger partial charge >= 0.3 is 11.4 Å². The van der Waals surface area contributed by atoms with E-state index in [1.807, 2.05) is 9.36 Å². The summed E-state index contributed by atoms with van der Waals surface area (Å²) in [5.74, 6) is 3.15. The zero-order chi connectivity index (χ0) is 13.2. The summed E-state index contributed by atoms with van der Waals surface area (Å²) in [4.78, 5) is 25.0. The molecule has 0 N–H and O–H groups in total. The van der Waals surface area contributed by atoms with Crippen LogP contribution in [0.4, 0.5) is 0 Å². The molecule has 0 unspecified atom stereocenters. The topological polar surface area (TPSA) is 48.9 Å². The Morgan fingerprint density at radius 3 is 1.85 bits per heavy atom. The molecule has 1 aromatic rings. The van der Waals surface area contributed by atoms with E-state index in [9.17, 15) is 9.59 Å². The maximum Gasteiger partial charge on any atom is 0.347 e. The molecule has 20 heavy (non-hydrogen) atoms. The third kappa shape index (κ3) is 0.462. The van der Waals surface area contributed by atoms with E-state index >= 15 is 0 Å². The molecule has 4 saturated carbocycles. The molecular weight excluding hydrogens is 254 g/mol. The van der Waals surface area contributed by atoms with E-state index in [1.54, 1.807) is 7.05 Å². The van der Waals surface area contributed by atoms with Gasteiger partial charge in [-0.1, -0.05) is 12.2 Å². The molecule has 0 radical (unpaired) electrons. The molecule has 1 aromatic heterocycles. The van der Waals surface area contributed by atoms with E-state index in [2.05, 4.69) is 12.2 Å². The van der Waals surface area contributed by atoms with E-state index < -0.39 is 0 Å². The molecule has 5 heteroatoms. The maximum absolute atomic E-state index is 12.5. The lowest BCUT2D eigenvalue weighted by atomic mass is 9.04. The minimum absolute atomic E-state index is 0.0882. The van der Waals surface area contributed by atoms with Crippen molar-refractivity contribution in [2.75, 3.05) is 0 Å². The summed E-state index contributed by atoms with van der Waals surface area (Å²) in [5.41, 5.74) is 0.506. The lowest BCUT2D eigenvalue weighted by Gasteiger charge is -3.01. The normalized spacial score (nSPS) is 60.5. The second-order valence-corrected chi connectivity index (χ2v) is 7.87. The molecule has 2 bridgehead atoms. The van der Waals surface area contributed by atoms with Crippen LogP contribution < -0.4 is 11.4 Å². The van der Waals surface area contributed by atoms with Gasteiger partial charge in [-0.3, -0.25) is 0 Å². The number of rotatable bonds is 0. The molecule has 0 saturated heterocycles. The molecular formula is C15H15N3O2. The fourth-order valence-corrected chi connectivity index (χ4v) is 8.17. The Kier molecular flexibility index (Phi) is 0.992. The van der Waals surface area contributed by atoms with Gasteiger partial charge in [-0.05, 0) is 36.5 Å². The van der Waals surface area contributed by atoms with Gasteiger partial charge in [0.2, 0.25) is 0 Å². The first-order valence-electron chi connectivity index (χ1n) is 7.73. The van der Waals surface area contributed by atoms with Crippen molar-refractivity contribution in [3.63, 3.8) is 0 Å². The third-order valence-electron chi connectivity index (χ3n) is 8.30. The molecule has 2 spiro atoms. The number of hydrogen-bond acceptors (Lipinski definition) is 2. The predicted octanol–water partition coefficient (Wildman–Crippen LogP) is 0.286. The summed E-state index contributed by atoms with van der Waals surface area (Å²) >= 11 is 0. The Labute approximate surface area is 114 Å². The number of allylic oxidation sites excluding steroid dienone is 2. The van der Waals surface area contributed by atoms with Crippen molar-refractivity contribution in [2.45, 2.75) is 24.9 Å². The zero-order valence-corrected chi connectivity index (χ0v) is 11.2. The lowest BCUT2D eigenvalue weighted by molar-refractivity contribution is -0.551. The zero-order valence-electron chi connectivity index (χ0n) is 11.2. The van der Waals surface area contributed by atoms with Crippen molar-refractivity contribution in [1.29, 1.82) is 0 Å². The van der Waals surface area contributed by atoms with Crippen LogP contribution in [0.3, 0.4) is 0 Å². The van der Waals surface area contributed by atoms with Gasteiger partial charge in [0.25, 0.3) is 0 Å². The summed E-state index contributed by atoms with van der Waals surface area (Å²) in [6.07, 6.45) is 6.92. The fraction of sp³-hybridized carbons (Fsp3) is 0.733. The van der Waals surface area contributed by atoms with Crippen molar-refractivity contribution >= 4 is 0 Å². The van der Waals surface area contributed by atoms with Crippen molar-refractivity contribution in [3.8, 4) is 0 Å². The molecule has 3 heterocycles. The van der Waals surface area contributed by atoms with Gasteiger partial charge in [-0.2, -0.15) is 0 Å². The molecule has 8 rings (SSSR count). The van der Waals surface area contributed by atoms with Crippen molar-refractivity contribution in [3.05, 3.63) is 33.1 Å². The molecule has 5 aliphatic carbocycles. The largest absolute Gasteiger partial charge is 0.347 e. The third-order valence-corrected chi connectivity index (χ3v) is 8.30. The molecule has 5 nitrogen and oxygen atoms in total. The average Bonchev–Trinajstić information content (AvgIpc) is 2.64. The van der Waals surface area contributed by atoms with Crippen LogP contribution in [0, 0.1) is 34.5 Å². The Balaban J connectivity index is 1.67. The SMILES string of the molecule is Cn1c(=O)n2n(c1=O)[C@@H]1[C@H]3[C@@H]4[C@@H]5[C@H]3[C@]13CC=CC[C@@]53[C@H]42. The van der Waals surface area contributed by atoms with E-state index in [1.165, 1.54) is 4.57 Å². The Bertz CT molecular complexity index is 818. The van der Waals surface area contributed by atoms with Crippen LogP contribution >= 0.6 is 0 Å². The van der Waals surface area contributed by atoms with Gasteiger partial charge in [0.15, 0.2) is 0 Å². The van der Waals surface area contributed by atoms with Crippen LogP contribution in [0.5, 0.6) is 0 Å². The second kappa shape index (κ2) is 2.11. The predicted molar refractivity (Wildman–Crippen MR) is 69.2 cm³/mol. The smallest absolute Gasteiger partial charge is 0.246 e. The molecule has 7 aliphatic rings. The second-order valence-electron chi connectivity index (χ2n) is 7.87. The average molecular weight is 269 g/mol. The summed E-state index contributed by atoms with van der Waals surface area (Å²) in [5, 5.41) is 0. The van der Waals surface area contributed by atoms with Gasteiger partial charge in [-0.25, -0.2) is 23.5 Å². The highest BCUT2D eigenvalue weighted by atomic mass is 16.2. The number of hydrogen-bond donors (Lipinski definition) is 0. The van der Waals surface area contributed by atoms with Crippen LogP contribution in [0.1, 0.15) is 24.9 Å². The maximum atomic E-state index is 12.5. The number of aromatic nitrogens is 3. The minimum Gasteiger partial charge on any atom is -0.246 e. The highest BCUT2D eigenvalue weighted by Gasteiger charge is 3.02. The van der Waals surface area contributed by atoms with Crippen LogP contribution in [0.25, 0.3) is 0 Å². The van der Waals surface area contributed by atoms with Crippen molar-refractivity contribution < 1.29 is 0 Å². The van der Waals surface area contributed by atoms with E-state index in [0.29, 0.717) is 34.7 Å². The van der Waals surface area contributed by atoms with Crippen LogP contribution in [-0.2, 0) is 7.05 Å². The van der Waals surface area contributed by atoms with Crippen LogP contribution in [0.2, 0.25) is 0 Å². The summed E-state index contributed by atoms with van der Waals surface area (Å²) < 4.78 is 5.03.